The first-order chi connectivity index (χ1) is 10.1. The molecule has 2 rings (SSSR count). The highest BCUT2D eigenvalue weighted by Crippen LogP contribution is 2.15. The summed E-state index contributed by atoms with van der Waals surface area (Å²) in [6.07, 6.45) is 0.550. The molecule has 0 aromatic heterocycles. The van der Waals surface area contributed by atoms with Gasteiger partial charge in [-0.2, -0.15) is 0 Å². The summed E-state index contributed by atoms with van der Waals surface area (Å²) in [6, 6.07) is 18.1. The molecule has 0 fully saturated rings. The third-order valence-corrected chi connectivity index (χ3v) is 3.10. The Morgan fingerprint density at radius 3 is 2.19 bits per heavy atom. The summed E-state index contributed by atoms with van der Waals surface area (Å²) in [4.78, 5) is 11.7. The van der Waals surface area contributed by atoms with E-state index in [0.29, 0.717) is 12.3 Å². The molecule has 2 aromatic carbocycles. The molecule has 0 saturated heterocycles. The van der Waals surface area contributed by atoms with Gasteiger partial charge in [-0.05, 0) is 35.7 Å². The van der Waals surface area contributed by atoms with E-state index in [-0.39, 0.29) is 5.91 Å². The Balaban J connectivity index is 1.86. The molecular weight excluding hydrogens is 260 g/mol. The normalized spacial score (nSPS) is 10.4. The van der Waals surface area contributed by atoms with Gasteiger partial charge in [0.2, 0.25) is 5.91 Å². The van der Waals surface area contributed by atoms with Crippen molar-refractivity contribution in [2.75, 3.05) is 10.6 Å². The third kappa shape index (κ3) is 5.30. The van der Waals surface area contributed by atoms with Crippen LogP contribution < -0.4 is 10.6 Å². The van der Waals surface area contributed by atoms with Crippen LogP contribution in [0.3, 0.4) is 0 Å². The zero-order valence-corrected chi connectivity index (χ0v) is 12.6. The lowest BCUT2D eigenvalue weighted by molar-refractivity contribution is -0.116. The minimum atomic E-state index is 0.0648. The second-order valence-electron chi connectivity index (χ2n) is 5.56. The van der Waals surface area contributed by atoms with E-state index in [9.17, 15) is 4.79 Å². The second-order valence-corrected chi connectivity index (χ2v) is 5.56. The smallest absolute Gasteiger partial charge is 0.224 e. The zero-order valence-electron chi connectivity index (χ0n) is 12.6. The highest BCUT2D eigenvalue weighted by Gasteiger charge is 2.05. The van der Waals surface area contributed by atoms with Crippen LogP contribution in [0.5, 0.6) is 0 Å². The Kier molecular flexibility index (Phi) is 5.38. The maximum Gasteiger partial charge on any atom is 0.224 e. The predicted octanol–water partition coefficient (Wildman–Crippen LogP) is 4.28. The fourth-order valence-corrected chi connectivity index (χ4v) is 2.05. The van der Waals surface area contributed by atoms with Gasteiger partial charge in [-0.1, -0.05) is 44.2 Å². The average Bonchev–Trinajstić information content (AvgIpc) is 2.47. The molecule has 2 N–H and O–H groups in total. The van der Waals surface area contributed by atoms with Gasteiger partial charge in [0, 0.05) is 24.3 Å². The van der Waals surface area contributed by atoms with E-state index in [4.69, 9.17) is 0 Å². The lowest BCUT2D eigenvalue weighted by atomic mass is 10.1. The molecular formula is C18H22N2O. The van der Waals surface area contributed by atoms with Crippen molar-refractivity contribution >= 4 is 17.3 Å². The van der Waals surface area contributed by atoms with Crippen molar-refractivity contribution in [1.29, 1.82) is 0 Å². The number of rotatable bonds is 6. The van der Waals surface area contributed by atoms with Crippen molar-refractivity contribution in [3.8, 4) is 0 Å². The van der Waals surface area contributed by atoms with Crippen LogP contribution in [0.1, 0.15) is 25.8 Å². The van der Waals surface area contributed by atoms with E-state index in [1.165, 1.54) is 5.56 Å². The van der Waals surface area contributed by atoms with Crippen molar-refractivity contribution in [3.05, 3.63) is 60.2 Å². The molecule has 3 heteroatoms. The molecule has 0 heterocycles. The van der Waals surface area contributed by atoms with Crippen molar-refractivity contribution in [1.82, 2.24) is 0 Å². The number of benzene rings is 2. The van der Waals surface area contributed by atoms with Crippen molar-refractivity contribution < 1.29 is 4.79 Å². The lowest BCUT2D eigenvalue weighted by Gasteiger charge is -2.09. The van der Waals surface area contributed by atoms with Gasteiger partial charge in [0.25, 0.3) is 0 Å². The molecule has 0 saturated carbocycles. The second kappa shape index (κ2) is 7.48. The summed E-state index contributed by atoms with van der Waals surface area (Å²) in [7, 11) is 0. The van der Waals surface area contributed by atoms with Crippen LogP contribution in [-0.2, 0) is 11.3 Å². The van der Waals surface area contributed by atoms with Gasteiger partial charge in [-0.3, -0.25) is 4.79 Å². The van der Waals surface area contributed by atoms with E-state index in [1.54, 1.807) is 0 Å². The van der Waals surface area contributed by atoms with E-state index in [2.05, 4.69) is 22.8 Å². The largest absolute Gasteiger partial charge is 0.381 e. The highest BCUT2D eigenvalue weighted by atomic mass is 16.1. The summed E-state index contributed by atoms with van der Waals surface area (Å²) in [5, 5.41) is 6.27. The van der Waals surface area contributed by atoms with E-state index < -0.39 is 0 Å². The Bertz CT molecular complexity index is 562. The molecule has 0 aliphatic carbocycles. The summed E-state index contributed by atoms with van der Waals surface area (Å²) in [5.41, 5.74) is 3.12. The summed E-state index contributed by atoms with van der Waals surface area (Å²) < 4.78 is 0. The molecule has 0 atom stereocenters. The van der Waals surface area contributed by atoms with Gasteiger partial charge >= 0.3 is 0 Å². The fraction of sp³-hybridized carbons (Fsp3) is 0.278. The quantitative estimate of drug-likeness (QED) is 0.830. The van der Waals surface area contributed by atoms with Crippen LogP contribution in [-0.4, -0.2) is 5.91 Å². The summed E-state index contributed by atoms with van der Waals surface area (Å²) in [5.74, 6) is 0.437. The van der Waals surface area contributed by atoms with Crippen LogP contribution in [0.25, 0.3) is 0 Å². The van der Waals surface area contributed by atoms with E-state index in [1.807, 2.05) is 56.3 Å². The Labute approximate surface area is 126 Å². The maximum absolute atomic E-state index is 11.7. The first-order valence-corrected chi connectivity index (χ1v) is 7.31. The van der Waals surface area contributed by atoms with E-state index in [0.717, 1.165) is 17.9 Å². The SMILES string of the molecule is CC(C)CC(=O)Nc1ccc(NCc2ccccc2)cc1. The number of amides is 1. The molecule has 2 aromatic rings. The maximum atomic E-state index is 11.7. The first kappa shape index (κ1) is 15.1. The van der Waals surface area contributed by atoms with Crippen LogP contribution in [0.2, 0.25) is 0 Å². The van der Waals surface area contributed by atoms with Gasteiger partial charge in [-0.25, -0.2) is 0 Å². The van der Waals surface area contributed by atoms with Crippen molar-refractivity contribution in [3.63, 3.8) is 0 Å². The Morgan fingerprint density at radius 1 is 0.952 bits per heavy atom. The van der Waals surface area contributed by atoms with E-state index >= 15 is 0 Å². The van der Waals surface area contributed by atoms with Gasteiger partial charge in [0.15, 0.2) is 0 Å². The van der Waals surface area contributed by atoms with Crippen LogP contribution >= 0.6 is 0 Å². The number of anilines is 2. The molecule has 0 bridgehead atoms. The molecule has 0 spiro atoms. The Hall–Kier alpha value is -2.29. The van der Waals surface area contributed by atoms with Crippen LogP contribution in [0, 0.1) is 5.92 Å². The topological polar surface area (TPSA) is 41.1 Å². The summed E-state index contributed by atoms with van der Waals surface area (Å²) in [6.45, 7) is 4.87. The number of hydrogen-bond acceptors (Lipinski definition) is 2. The molecule has 3 nitrogen and oxygen atoms in total. The number of carbonyl (C=O) groups is 1. The number of hydrogen-bond donors (Lipinski definition) is 2. The molecule has 1 amide bonds. The fourth-order valence-electron chi connectivity index (χ4n) is 2.05. The van der Waals surface area contributed by atoms with Crippen LogP contribution in [0.15, 0.2) is 54.6 Å². The third-order valence-electron chi connectivity index (χ3n) is 3.10. The van der Waals surface area contributed by atoms with Gasteiger partial charge in [0.1, 0.15) is 0 Å². The molecule has 110 valence electrons. The van der Waals surface area contributed by atoms with Crippen molar-refractivity contribution in [2.45, 2.75) is 26.8 Å². The minimum absolute atomic E-state index is 0.0648. The highest BCUT2D eigenvalue weighted by molar-refractivity contribution is 5.90. The predicted molar refractivity (Wildman–Crippen MR) is 88.3 cm³/mol. The van der Waals surface area contributed by atoms with Gasteiger partial charge in [-0.15, -0.1) is 0 Å². The zero-order chi connectivity index (χ0) is 15.1. The summed E-state index contributed by atoms with van der Waals surface area (Å²) >= 11 is 0. The van der Waals surface area contributed by atoms with Crippen LogP contribution in [0.4, 0.5) is 11.4 Å². The number of nitrogens with one attached hydrogen (secondary N) is 2. The minimum Gasteiger partial charge on any atom is -0.381 e. The standard InChI is InChI=1S/C18H22N2O/c1-14(2)12-18(21)20-17-10-8-16(9-11-17)19-13-15-6-4-3-5-7-15/h3-11,14,19H,12-13H2,1-2H3,(H,20,21). The molecule has 0 aliphatic rings. The molecule has 0 radical (unpaired) electrons. The molecule has 0 aliphatic heterocycles. The monoisotopic (exact) mass is 282 g/mol. The molecule has 21 heavy (non-hydrogen) atoms. The van der Waals surface area contributed by atoms with Gasteiger partial charge in [0.05, 0.1) is 0 Å². The Morgan fingerprint density at radius 2 is 1.57 bits per heavy atom. The van der Waals surface area contributed by atoms with Gasteiger partial charge < -0.3 is 10.6 Å². The average molecular weight is 282 g/mol. The van der Waals surface area contributed by atoms with Crippen molar-refractivity contribution in [2.24, 2.45) is 5.92 Å². The number of carbonyl (C=O) groups excluding carboxylic acids is 1. The molecule has 0 unspecified atom stereocenters. The lowest BCUT2D eigenvalue weighted by Crippen LogP contribution is -2.13. The first-order valence-electron chi connectivity index (χ1n) is 7.31.